The van der Waals surface area contributed by atoms with Crippen molar-refractivity contribution >= 4 is 5.91 Å². The van der Waals surface area contributed by atoms with Gasteiger partial charge in [-0.3, -0.25) is 4.79 Å². The van der Waals surface area contributed by atoms with Crippen molar-refractivity contribution in [3.05, 3.63) is 23.4 Å². The molecule has 100 valence electrons. The van der Waals surface area contributed by atoms with E-state index in [1.165, 1.54) is 5.57 Å². The molecule has 17 heavy (non-hydrogen) atoms. The maximum atomic E-state index is 11.4. The summed E-state index contributed by atoms with van der Waals surface area (Å²) >= 11 is 0. The summed E-state index contributed by atoms with van der Waals surface area (Å²) in [4.78, 5) is 13.1. The lowest BCUT2D eigenvalue weighted by molar-refractivity contribution is -0.125. The third kappa shape index (κ3) is 5.71. The van der Waals surface area contributed by atoms with Crippen molar-refractivity contribution in [1.29, 1.82) is 0 Å². The van der Waals surface area contributed by atoms with Gasteiger partial charge in [0.25, 0.3) is 0 Å². The molecule has 1 aliphatic heterocycles. The third-order valence-electron chi connectivity index (χ3n) is 2.25. The summed E-state index contributed by atoms with van der Waals surface area (Å²) in [6.45, 7) is 12.2. The Morgan fingerprint density at radius 1 is 1.06 bits per heavy atom. The Bertz CT molecular complexity index is 264. The first-order valence-corrected chi connectivity index (χ1v) is 6.86. The standard InChI is InChI=1S/C11H17NO.2C2H6/c1-4-6-9-8-11(13)12(3)10(9)7-5-2;2*1-2/h6-7H,4-5,8H2,1-3H3;2*1-2H3/b9-6-,10-7+;;. The summed E-state index contributed by atoms with van der Waals surface area (Å²) in [6, 6.07) is 0. The minimum absolute atomic E-state index is 0.208. The molecule has 0 aliphatic carbocycles. The number of likely N-dealkylation sites (N-methyl/N-ethyl adjacent to an activating group) is 1. The molecule has 0 saturated carbocycles. The number of rotatable bonds is 2. The van der Waals surface area contributed by atoms with Gasteiger partial charge in [0.05, 0.1) is 6.42 Å². The van der Waals surface area contributed by atoms with Crippen LogP contribution >= 0.6 is 0 Å². The zero-order valence-corrected chi connectivity index (χ0v) is 12.6. The van der Waals surface area contributed by atoms with Crippen LogP contribution < -0.4 is 0 Å². The van der Waals surface area contributed by atoms with E-state index in [9.17, 15) is 4.79 Å². The first-order chi connectivity index (χ1) is 8.20. The molecule has 1 amide bonds. The number of allylic oxidation sites excluding steroid dienone is 3. The van der Waals surface area contributed by atoms with Gasteiger partial charge in [-0.05, 0) is 18.4 Å². The minimum atomic E-state index is 0.208. The quantitative estimate of drug-likeness (QED) is 0.693. The Morgan fingerprint density at radius 3 is 1.94 bits per heavy atom. The number of carbonyl (C=O) groups is 1. The van der Waals surface area contributed by atoms with E-state index in [1.54, 1.807) is 4.90 Å². The summed E-state index contributed by atoms with van der Waals surface area (Å²) in [7, 11) is 1.85. The Balaban J connectivity index is 0. The van der Waals surface area contributed by atoms with Gasteiger partial charge in [0.2, 0.25) is 5.91 Å². The van der Waals surface area contributed by atoms with Gasteiger partial charge in [0.15, 0.2) is 0 Å². The van der Waals surface area contributed by atoms with E-state index in [4.69, 9.17) is 0 Å². The van der Waals surface area contributed by atoms with Crippen molar-refractivity contribution in [3.8, 4) is 0 Å². The van der Waals surface area contributed by atoms with E-state index in [2.05, 4.69) is 26.0 Å². The van der Waals surface area contributed by atoms with Gasteiger partial charge in [-0.15, -0.1) is 0 Å². The first-order valence-electron chi connectivity index (χ1n) is 6.86. The molecule has 0 atom stereocenters. The van der Waals surface area contributed by atoms with Crippen LogP contribution in [0, 0.1) is 0 Å². The monoisotopic (exact) mass is 239 g/mol. The molecule has 1 heterocycles. The van der Waals surface area contributed by atoms with Gasteiger partial charge in [-0.2, -0.15) is 0 Å². The van der Waals surface area contributed by atoms with E-state index >= 15 is 0 Å². The summed E-state index contributed by atoms with van der Waals surface area (Å²) < 4.78 is 0. The van der Waals surface area contributed by atoms with E-state index in [-0.39, 0.29) is 5.91 Å². The molecule has 0 spiro atoms. The molecule has 0 aromatic rings. The lowest BCUT2D eigenvalue weighted by Gasteiger charge is -2.10. The lowest BCUT2D eigenvalue weighted by Crippen LogP contribution is -2.16. The molecule has 0 aromatic carbocycles. The third-order valence-corrected chi connectivity index (χ3v) is 2.25. The highest BCUT2D eigenvalue weighted by Gasteiger charge is 2.25. The van der Waals surface area contributed by atoms with Crippen LogP contribution in [0.1, 0.15) is 60.8 Å². The number of hydrogen-bond acceptors (Lipinski definition) is 1. The largest absolute Gasteiger partial charge is 0.315 e. The Labute approximate surface area is 107 Å². The normalized spacial score (nSPS) is 18.8. The predicted molar refractivity (Wildman–Crippen MR) is 76.8 cm³/mol. The fraction of sp³-hybridized carbons (Fsp3) is 0.667. The molecule has 0 unspecified atom stereocenters. The van der Waals surface area contributed by atoms with E-state index in [0.29, 0.717) is 6.42 Å². The SMILES string of the molecule is CC.CC.CC/C=C1/CC(=O)N(C)/C1=C/CC. The zero-order chi connectivity index (χ0) is 13.8. The van der Waals surface area contributed by atoms with Crippen molar-refractivity contribution in [3.63, 3.8) is 0 Å². The maximum Gasteiger partial charge on any atom is 0.231 e. The Hall–Kier alpha value is -1.05. The molecule has 0 aromatic heterocycles. The van der Waals surface area contributed by atoms with Crippen molar-refractivity contribution in [2.45, 2.75) is 60.8 Å². The lowest BCUT2D eigenvalue weighted by atomic mass is 10.1. The molecule has 1 saturated heterocycles. The van der Waals surface area contributed by atoms with Crippen LogP contribution in [-0.2, 0) is 4.79 Å². The molecule has 1 rings (SSSR count). The minimum Gasteiger partial charge on any atom is -0.315 e. The number of amides is 1. The maximum absolute atomic E-state index is 11.4. The molecule has 0 bridgehead atoms. The van der Waals surface area contributed by atoms with Crippen molar-refractivity contribution < 1.29 is 4.79 Å². The van der Waals surface area contributed by atoms with E-state index < -0.39 is 0 Å². The zero-order valence-electron chi connectivity index (χ0n) is 12.6. The van der Waals surface area contributed by atoms with Gasteiger partial charge >= 0.3 is 0 Å². The van der Waals surface area contributed by atoms with Crippen LogP contribution in [-0.4, -0.2) is 17.9 Å². The molecular weight excluding hydrogens is 210 g/mol. The Morgan fingerprint density at radius 2 is 1.53 bits per heavy atom. The smallest absolute Gasteiger partial charge is 0.231 e. The van der Waals surface area contributed by atoms with Gasteiger partial charge in [0, 0.05) is 12.7 Å². The first kappa shape index (κ1) is 18.3. The second-order valence-electron chi connectivity index (χ2n) is 3.26. The van der Waals surface area contributed by atoms with Crippen LogP contribution in [0.15, 0.2) is 23.4 Å². The number of nitrogens with zero attached hydrogens (tertiary/aromatic N) is 1. The predicted octanol–water partition coefficient (Wildman–Crippen LogP) is 4.53. The van der Waals surface area contributed by atoms with Gasteiger partial charge in [0.1, 0.15) is 0 Å². The van der Waals surface area contributed by atoms with Crippen molar-refractivity contribution in [2.75, 3.05) is 7.05 Å². The highest BCUT2D eigenvalue weighted by Crippen LogP contribution is 2.27. The number of likely N-dealkylation sites (tertiary alicyclic amines) is 1. The summed E-state index contributed by atoms with van der Waals surface area (Å²) in [5.74, 6) is 0.208. The second-order valence-corrected chi connectivity index (χ2v) is 3.26. The Kier molecular flexibility index (Phi) is 12.3. The van der Waals surface area contributed by atoms with Crippen LogP contribution in [0.5, 0.6) is 0 Å². The highest BCUT2D eigenvalue weighted by atomic mass is 16.2. The van der Waals surface area contributed by atoms with E-state index in [1.807, 2.05) is 34.7 Å². The van der Waals surface area contributed by atoms with Gasteiger partial charge in [-0.25, -0.2) is 0 Å². The van der Waals surface area contributed by atoms with Crippen LogP contribution in [0.3, 0.4) is 0 Å². The molecule has 0 radical (unpaired) electrons. The van der Waals surface area contributed by atoms with Gasteiger partial charge in [-0.1, -0.05) is 53.7 Å². The number of hydrogen-bond donors (Lipinski definition) is 0. The highest BCUT2D eigenvalue weighted by molar-refractivity contribution is 5.86. The fourth-order valence-corrected chi connectivity index (χ4v) is 1.61. The fourth-order valence-electron chi connectivity index (χ4n) is 1.61. The molecule has 0 N–H and O–H groups in total. The summed E-state index contributed by atoms with van der Waals surface area (Å²) in [5, 5.41) is 0. The summed E-state index contributed by atoms with van der Waals surface area (Å²) in [6.07, 6.45) is 6.82. The molecule has 2 heteroatoms. The van der Waals surface area contributed by atoms with Crippen LogP contribution in [0.25, 0.3) is 0 Å². The van der Waals surface area contributed by atoms with Crippen molar-refractivity contribution in [1.82, 2.24) is 4.90 Å². The van der Waals surface area contributed by atoms with Crippen LogP contribution in [0.4, 0.5) is 0 Å². The second kappa shape index (κ2) is 11.4. The number of carbonyl (C=O) groups excluding carboxylic acids is 1. The molecular formula is C15H29NO. The molecule has 2 nitrogen and oxygen atoms in total. The van der Waals surface area contributed by atoms with Gasteiger partial charge < -0.3 is 4.90 Å². The molecule has 1 aliphatic rings. The average Bonchev–Trinajstić information content (AvgIpc) is 2.63. The van der Waals surface area contributed by atoms with Crippen LogP contribution in [0.2, 0.25) is 0 Å². The van der Waals surface area contributed by atoms with E-state index in [0.717, 1.165) is 18.5 Å². The van der Waals surface area contributed by atoms with Crippen molar-refractivity contribution in [2.24, 2.45) is 0 Å². The molecule has 1 fully saturated rings. The topological polar surface area (TPSA) is 20.3 Å². The average molecular weight is 239 g/mol. The summed E-state index contributed by atoms with van der Waals surface area (Å²) in [5.41, 5.74) is 2.30.